The molecule has 0 saturated heterocycles. The van der Waals surface area contributed by atoms with E-state index in [0.29, 0.717) is 39.6 Å². The van der Waals surface area contributed by atoms with E-state index in [-0.39, 0.29) is 0 Å². The third-order valence-electron chi connectivity index (χ3n) is 9.74. The molecule has 2 heterocycles. The maximum Gasteiger partial charge on any atom is 0.163 e. The van der Waals surface area contributed by atoms with E-state index in [1.807, 2.05) is 91.0 Å². The molecule has 0 bridgehead atoms. The summed E-state index contributed by atoms with van der Waals surface area (Å²) in [6.45, 7) is 0. The molecule has 0 amide bonds. The van der Waals surface area contributed by atoms with Gasteiger partial charge in [0, 0.05) is 21.9 Å². The molecule has 0 unspecified atom stereocenters. The molecule has 7 aromatic carbocycles. The third-order valence-corrected chi connectivity index (χ3v) is 9.74. The van der Waals surface area contributed by atoms with Gasteiger partial charge in [0.2, 0.25) is 0 Å². The molecule has 5 heteroatoms. The first-order chi connectivity index (χ1) is 26.2. The zero-order valence-corrected chi connectivity index (χ0v) is 28.5. The minimum atomic E-state index is 0.320. The maximum atomic E-state index is 11.0. The second-order valence-corrected chi connectivity index (χ2v) is 12.8. The monoisotopic (exact) mass is 675 g/mol. The second-order valence-electron chi connectivity index (χ2n) is 12.8. The first kappa shape index (κ1) is 31.4. The van der Waals surface area contributed by atoms with E-state index in [1.54, 1.807) is 6.07 Å². The van der Waals surface area contributed by atoms with Gasteiger partial charge in [-0.05, 0) is 58.7 Å². The Morgan fingerprint density at radius 3 is 1.60 bits per heavy atom. The highest BCUT2D eigenvalue weighted by molar-refractivity contribution is 6.11. The Morgan fingerprint density at radius 2 is 0.981 bits per heavy atom. The molecule has 0 aliphatic carbocycles. The van der Waals surface area contributed by atoms with Gasteiger partial charge < -0.3 is 4.57 Å². The van der Waals surface area contributed by atoms with Crippen LogP contribution in [0.4, 0.5) is 0 Å². The SMILES string of the molecule is N#Cc1ccc(-n2c3ccccc3c3cc(-c4ccccc4-c4ccccc4)ccc32)c(C#N)c1-c1nc(-c2ccccc2)cc(-c2ccccc2)n1. The average molecular weight is 676 g/mol. The first-order valence-corrected chi connectivity index (χ1v) is 17.4. The standard InChI is InChI=1S/C48H29N5/c49-30-36-25-27-46(41(31-50)47(36)48-51-42(33-16-6-2-7-17-33)29-43(52-48)34-18-8-3-9-19-34)53-44-23-13-12-22-39(44)40-28-35(24-26-45(40)53)38-21-11-10-20-37(38)32-14-4-1-5-15-32/h1-29H. The summed E-state index contributed by atoms with van der Waals surface area (Å²) in [5, 5.41) is 23.6. The lowest BCUT2D eigenvalue weighted by Crippen LogP contribution is -2.04. The van der Waals surface area contributed by atoms with Crippen molar-refractivity contribution < 1.29 is 0 Å². The number of benzene rings is 7. The number of para-hydroxylation sites is 1. The Kier molecular flexibility index (Phi) is 7.86. The van der Waals surface area contributed by atoms with Gasteiger partial charge in [-0.1, -0.05) is 140 Å². The summed E-state index contributed by atoms with van der Waals surface area (Å²) in [4.78, 5) is 10.0. The van der Waals surface area contributed by atoms with Crippen LogP contribution < -0.4 is 0 Å². The van der Waals surface area contributed by atoms with E-state index in [0.717, 1.165) is 55.2 Å². The molecule has 0 fully saturated rings. The Bertz CT molecular complexity index is 2840. The van der Waals surface area contributed by atoms with E-state index in [1.165, 1.54) is 0 Å². The largest absolute Gasteiger partial charge is 0.308 e. The van der Waals surface area contributed by atoms with Gasteiger partial charge in [0.15, 0.2) is 5.82 Å². The van der Waals surface area contributed by atoms with Crippen molar-refractivity contribution in [3.63, 3.8) is 0 Å². The topological polar surface area (TPSA) is 78.3 Å². The molecule has 0 saturated carbocycles. The number of hydrogen-bond donors (Lipinski definition) is 0. The number of nitriles is 2. The van der Waals surface area contributed by atoms with E-state index < -0.39 is 0 Å². The van der Waals surface area contributed by atoms with E-state index in [4.69, 9.17) is 9.97 Å². The normalized spacial score (nSPS) is 11.0. The summed E-state index contributed by atoms with van der Waals surface area (Å²) >= 11 is 0. The highest BCUT2D eigenvalue weighted by Crippen LogP contribution is 2.40. The summed E-state index contributed by atoms with van der Waals surface area (Å²) in [6, 6.07) is 63.9. The molecule has 0 radical (unpaired) electrons. The Labute approximate surface area is 307 Å². The van der Waals surface area contributed by atoms with Crippen LogP contribution in [0, 0.1) is 22.7 Å². The van der Waals surface area contributed by atoms with Gasteiger partial charge in [-0.15, -0.1) is 0 Å². The van der Waals surface area contributed by atoms with Gasteiger partial charge in [0.25, 0.3) is 0 Å². The molecule has 5 nitrogen and oxygen atoms in total. The van der Waals surface area contributed by atoms with Crippen LogP contribution in [0.1, 0.15) is 11.1 Å². The van der Waals surface area contributed by atoms with Crippen LogP contribution in [0.5, 0.6) is 0 Å². The van der Waals surface area contributed by atoms with E-state index >= 15 is 0 Å². The summed E-state index contributed by atoms with van der Waals surface area (Å²) in [5.74, 6) is 0.320. The lowest BCUT2D eigenvalue weighted by atomic mass is 9.94. The van der Waals surface area contributed by atoms with Gasteiger partial charge in [-0.25, -0.2) is 9.97 Å². The molecule has 2 aromatic heterocycles. The Hall–Kier alpha value is -7.60. The molecule has 9 rings (SSSR count). The average Bonchev–Trinajstić information content (AvgIpc) is 3.57. The minimum Gasteiger partial charge on any atom is -0.308 e. The number of hydrogen-bond acceptors (Lipinski definition) is 4. The van der Waals surface area contributed by atoms with Gasteiger partial charge in [-0.3, -0.25) is 0 Å². The molecule has 0 aliphatic heterocycles. The quantitative estimate of drug-likeness (QED) is 0.176. The second kappa shape index (κ2) is 13.3. The van der Waals surface area contributed by atoms with Crippen molar-refractivity contribution in [3.8, 4) is 74.0 Å². The van der Waals surface area contributed by atoms with Crippen LogP contribution in [-0.2, 0) is 0 Å². The fourth-order valence-corrected chi connectivity index (χ4v) is 7.29. The number of nitrogens with zero attached hydrogens (tertiary/aromatic N) is 5. The fraction of sp³-hybridized carbons (Fsp3) is 0. The third kappa shape index (κ3) is 5.51. The molecule has 246 valence electrons. The summed E-state index contributed by atoms with van der Waals surface area (Å²) in [5.41, 5.74) is 11.4. The highest BCUT2D eigenvalue weighted by Gasteiger charge is 2.23. The molecule has 9 aromatic rings. The van der Waals surface area contributed by atoms with Crippen LogP contribution >= 0.6 is 0 Å². The molecule has 53 heavy (non-hydrogen) atoms. The molecule has 0 N–H and O–H groups in total. The van der Waals surface area contributed by atoms with Gasteiger partial charge in [0.1, 0.15) is 6.07 Å². The molecular weight excluding hydrogens is 647 g/mol. The number of fused-ring (bicyclic) bond motifs is 3. The van der Waals surface area contributed by atoms with Gasteiger partial charge in [-0.2, -0.15) is 10.5 Å². The van der Waals surface area contributed by atoms with Gasteiger partial charge in [0.05, 0.1) is 50.9 Å². The van der Waals surface area contributed by atoms with Crippen molar-refractivity contribution in [3.05, 3.63) is 187 Å². The van der Waals surface area contributed by atoms with Crippen LogP contribution in [0.25, 0.3) is 83.6 Å². The van der Waals surface area contributed by atoms with Crippen LogP contribution in [0.3, 0.4) is 0 Å². The Morgan fingerprint density at radius 1 is 0.434 bits per heavy atom. The molecule has 0 aliphatic rings. The highest BCUT2D eigenvalue weighted by atomic mass is 15.0. The van der Waals surface area contributed by atoms with Crippen molar-refractivity contribution in [2.75, 3.05) is 0 Å². The first-order valence-electron chi connectivity index (χ1n) is 17.4. The fourth-order valence-electron chi connectivity index (χ4n) is 7.29. The zero-order valence-electron chi connectivity index (χ0n) is 28.5. The number of rotatable bonds is 6. The van der Waals surface area contributed by atoms with E-state index in [9.17, 15) is 10.5 Å². The van der Waals surface area contributed by atoms with Crippen LogP contribution in [-0.4, -0.2) is 14.5 Å². The van der Waals surface area contributed by atoms with Crippen molar-refractivity contribution in [2.24, 2.45) is 0 Å². The van der Waals surface area contributed by atoms with Gasteiger partial charge >= 0.3 is 0 Å². The van der Waals surface area contributed by atoms with E-state index in [2.05, 4.69) is 95.6 Å². The lowest BCUT2D eigenvalue weighted by molar-refractivity contribution is 1.14. The predicted molar refractivity (Wildman–Crippen MR) is 213 cm³/mol. The van der Waals surface area contributed by atoms with Crippen molar-refractivity contribution >= 4 is 21.8 Å². The Balaban J connectivity index is 1.28. The molecule has 0 spiro atoms. The maximum absolute atomic E-state index is 11.0. The zero-order chi connectivity index (χ0) is 35.7. The molecular formula is C48H29N5. The van der Waals surface area contributed by atoms with Crippen molar-refractivity contribution in [2.45, 2.75) is 0 Å². The smallest absolute Gasteiger partial charge is 0.163 e. The summed E-state index contributed by atoms with van der Waals surface area (Å²) < 4.78 is 2.12. The summed E-state index contributed by atoms with van der Waals surface area (Å²) in [7, 11) is 0. The van der Waals surface area contributed by atoms with Crippen LogP contribution in [0.15, 0.2) is 176 Å². The van der Waals surface area contributed by atoms with Crippen LogP contribution in [0.2, 0.25) is 0 Å². The molecule has 0 atom stereocenters. The number of aromatic nitrogens is 3. The minimum absolute atomic E-state index is 0.320. The van der Waals surface area contributed by atoms with Crippen molar-refractivity contribution in [1.82, 2.24) is 14.5 Å². The van der Waals surface area contributed by atoms with Crippen molar-refractivity contribution in [1.29, 1.82) is 10.5 Å². The summed E-state index contributed by atoms with van der Waals surface area (Å²) in [6.07, 6.45) is 0. The predicted octanol–water partition coefficient (Wildman–Crippen LogP) is 11.7. The lowest BCUT2D eigenvalue weighted by Gasteiger charge is -2.16.